The molecule has 0 bridgehead atoms. The van der Waals surface area contributed by atoms with Crippen molar-refractivity contribution in [3.63, 3.8) is 0 Å². The zero-order valence-corrected chi connectivity index (χ0v) is 24.3. The van der Waals surface area contributed by atoms with Crippen LogP contribution in [-0.4, -0.2) is 48.3 Å². The summed E-state index contributed by atoms with van der Waals surface area (Å²) in [6.07, 6.45) is 2.63. The van der Waals surface area contributed by atoms with Crippen LogP contribution in [0.3, 0.4) is 0 Å². The van der Waals surface area contributed by atoms with E-state index in [1.165, 1.54) is 0 Å². The molecule has 0 radical (unpaired) electrons. The smallest absolute Gasteiger partial charge is 0.251 e. The van der Waals surface area contributed by atoms with E-state index in [2.05, 4.69) is 21.3 Å². The molecule has 8 nitrogen and oxygen atoms in total. The largest absolute Gasteiger partial charge is 0.356 e. The number of nitrogens with one attached hydrogen (secondary N) is 4. The molecule has 42 heavy (non-hydrogen) atoms. The molecular formula is C34H40N4O4. The highest BCUT2D eigenvalue weighted by atomic mass is 16.2. The highest BCUT2D eigenvalue weighted by Gasteiger charge is 2.32. The number of benzene rings is 3. The highest BCUT2D eigenvalue weighted by Crippen LogP contribution is 2.20. The van der Waals surface area contributed by atoms with Crippen molar-refractivity contribution in [1.29, 1.82) is 0 Å². The first-order valence-electron chi connectivity index (χ1n) is 14.7. The Bertz CT molecular complexity index is 1340. The lowest BCUT2D eigenvalue weighted by atomic mass is 9.91. The Morgan fingerprint density at radius 3 is 2.07 bits per heavy atom. The van der Waals surface area contributed by atoms with Crippen LogP contribution in [0.4, 0.5) is 0 Å². The number of amides is 4. The molecule has 1 fully saturated rings. The minimum Gasteiger partial charge on any atom is -0.356 e. The first-order valence-corrected chi connectivity index (χ1v) is 14.7. The Labute approximate surface area is 247 Å². The van der Waals surface area contributed by atoms with Crippen molar-refractivity contribution in [1.82, 2.24) is 21.3 Å². The quantitative estimate of drug-likeness (QED) is 0.264. The zero-order chi connectivity index (χ0) is 29.9. The topological polar surface area (TPSA) is 116 Å². The third kappa shape index (κ3) is 8.52. The Morgan fingerprint density at radius 1 is 0.810 bits per heavy atom. The maximum Gasteiger partial charge on any atom is 0.251 e. The molecule has 1 unspecified atom stereocenters. The summed E-state index contributed by atoms with van der Waals surface area (Å²) in [7, 11) is 0. The maximum atomic E-state index is 13.7. The molecule has 4 atom stereocenters. The lowest BCUT2D eigenvalue weighted by Gasteiger charge is -2.28. The van der Waals surface area contributed by atoms with E-state index in [4.69, 9.17) is 0 Å². The highest BCUT2D eigenvalue weighted by molar-refractivity contribution is 5.99. The van der Waals surface area contributed by atoms with Gasteiger partial charge in [0, 0.05) is 30.5 Å². The van der Waals surface area contributed by atoms with Gasteiger partial charge in [-0.25, -0.2) is 0 Å². The average molecular weight is 569 g/mol. The van der Waals surface area contributed by atoms with Crippen LogP contribution in [0.25, 0.3) is 11.1 Å². The summed E-state index contributed by atoms with van der Waals surface area (Å²) in [5.41, 5.74) is 3.31. The molecule has 0 aromatic heterocycles. The van der Waals surface area contributed by atoms with Crippen molar-refractivity contribution in [2.75, 3.05) is 6.54 Å². The monoisotopic (exact) mass is 568 g/mol. The third-order valence-electron chi connectivity index (χ3n) is 7.71. The SMILES string of the molecule is CCC(C)NC(=O)[C@H](C[C@@H]1CCCNC1=O)NC(=O)[C@H](Cc1ccccc1)NC(=O)c1ccc(-c2ccccc2)cc1. The number of hydrogen-bond donors (Lipinski definition) is 4. The number of piperidine rings is 1. The van der Waals surface area contributed by atoms with Crippen LogP contribution >= 0.6 is 0 Å². The van der Waals surface area contributed by atoms with Crippen molar-refractivity contribution < 1.29 is 19.2 Å². The minimum atomic E-state index is -0.937. The van der Waals surface area contributed by atoms with Gasteiger partial charge in [0.05, 0.1) is 0 Å². The van der Waals surface area contributed by atoms with Gasteiger partial charge in [-0.3, -0.25) is 19.2 Å². The van der Waals surface area contributed by atoms with Crippen molar-refractivity contribution in [2.45, 2.75) is 64.1 Å². The number of carbonyl (C=O) groups excluding carboxylic acids is 4. The van der Waals surface area contributed by atoms with Crippen molar-refractivity contribution >= 4 is 23.6 Å². The van der Waals surface area contributed by atoms with Gasteiger partial charge in [-0.1, -0.05) is 79.7 Å². The van der Waals surface area contributed by atoms with Gasteiger partial charge in [0.25, 0.3) is 5.91 Å². The molecular weight excluding hydrogens is 528 g/mol. The summed E-state index contributed by atoms with van der Waals surface area (Å²) in [5, 5.41) is 11.6. The predicted molar refractivity (Wildman–Crippen MR) is 163 cm³/mol. The van der Waals surface area contributed by atoms with Crippen LogP contribution < -0.4 is 21.3 Å². The summed E-state index contributed by atoms with van der Waals surface area (Å²) in [6.45, 7) is 4.47. The van der Waals surface area contributed by atoms with E-state index in [1.807, 2.05) is 86.6 Å². The van der Waals surface area contributed by atoms with Gasteiger partial charge in [-0.2, -0.15) is 0 Å². The molecule has 4 amide bonds. The summed E-state index contributed by atoms with van der Waals surface area (Å²) in [5.74, 6) is -1.69. The van der Waals surface area contributed by atoms with E-state index in [1.54, 1.807) is 12.1 Å². The molecule has 1 saturated heterocycles. The number of rotatable bonds is 12. The van der Waals surface area contributed by atoms with Gasteiger partial charge < -0.3 is 21.3 Å². The Kier molecular flexibility index (Phi) is 10.9. The van der Waals surface area contributed by atoms with Gasteiger partial charge in [0.15, 0.2) is 0 Å². The number of carbonyl (C=O) groups is 4. The van der Waals surface area contributed by atoms with E-state index < -0.39 is 23.9 Å². The molecule has 220 valence electrons. The second-order valence-electron chi connectivity index (χ2n) is 10.9. The third-order valence-corrected chi connectivity index (χ3v) is 7.71. The van der Waals surface area contributed by atoms with E-state index in [9.17, 15) is 19.2 Å². The van der Waals surface area contributed by atoms with Crippen LogP contribution in [0.15, 0.2) is 84.9 Å². The Hall–Kier alpha value is -4.46. The molecule has 3 aromatic carbocycles. The van der Waals surface area contributed by atoms with Crippen LogP contribution in [0, 0.1) is 5.92 Å². The molecule has 4 N–H and O–H groups in total. The first-order chi connectivity index (χ1) is 20.3. The molecule has 0 saturated carbocycles. The lowest BCUT2D eigenvalue weighted by molar-refractivity contribution is -0.132. The normalized spacial score (nSPS) is 16.8. The van der Waals surface area contributed by atoms with E-state index >= 15 is 0 Å². The van der Waals surface area contributed by atoms with Gasteiger partial charge in [-0.15, -0.1) is 0 Å². The van der Waals surface area contributed by atoms with Crippen molar-refractivity contribution in [3.8, 4) is 11.1 Å². The Morgan fingerprint density at radius 2 is 1.43 bits per heavy atom. The van der Waals surface area contributed by atoms with Crippen LogP contribution in [0.1, 0.15) is 55.5 Å². The standard InChI is InChI=1S/C34H40N4O4/c1-3-23(2)36-33(41)30(22-28-15-10-20-35-31(28)39)38-34(42)29(21-24-11-6-4-7-12-24)37-32(40)27-18-16-26(17-19-27)25-13-8-5-9-14-25/h4-9,11-14,16-19,23,28-30H,3,10,15,20-22H2,1-2H3,(H,35,39)(H,36,41)(H,37,40)(H,38,42)/t23?,28-,29-,30-/m0/s1. The minimum absolute atomic E-state index is 0.0873. The fourth-order valence-corrected chi connectivity index (χ4v) is 5.04. The fraction of sp³-hybridized carbons (Fsp3) is 0.353. The summed E-state index contributed by atoms with van der Waals surface area (Å²) >= 11 is 0. The molecule has 3 aromatic rings. The molecule has 0 spiro atoms. The van der Waals surface area contributed by atoms with E-state index in [0.717, 1.165) is 29.5 Å². The molecule has 0 aliphatic carbocycles. The van der Waals surface area contributed by atoms with E-state index in [-0.39, 0.29) is 36.6 Å². The second kappa shape index (κ2) is 15.0. The van der Waals surface area contributed by atoms with Crippen LogP contribution in [0.5, 0.6) is 0 Å². The number of hydrogen-bond acceptors (Lipinski definition) is 4. The fourth-order valence-electron chi connectivity index (χ4n) is 5.04. The van der Waals surface area contributed by atoms with Crippen LogP contribution in [0.2, 0.25) is 0 Å². The summed E-state index contributed by atoms with van der Waals surface area (Å²) in [4.78, 5) is 52.8. The Balaban J connectivity index is 1.52. The zero-order valence-electron chi connectivity index (χ0n) is 24.3. The van der Waals surface area contributed by atoms with E-state index in [0.29, 0.717) is 18.5 Å². The van der Waals surface area contributed by atoms with Crippen molar-refractivity contribution in [3.05, 3.63) is 96.1 Å². The summed E-state index contributed by atoms with van der Waals surface area (Å²) < 4.78 is 0. The molecule has 1 aliphatic heterocycles. The van der Waals surface area contributed by atoms with Gasteiger partial charge in [0.1, 0.15) is 12.1 Å². The summed E-state index contributed by atoms with van der Waals surface area (Å²) in [6, 6.07) is 24.6. The second-order valence-corrected chi connectivity index (χ2v) is 10.9. The molecule has 1 heterocycles. The van der Waals surface area contributed by atoms with Crippen molar-refractivity contribution in [2.24, 2.45) is 5.92 Å². The molecule has 8 heteroatoms. The molecule has 1 aliphatic rings. The predicted octanol–water partition coefficient (Wildman–Crippen LogP) is 4.01. The maximum absolute atomic E-state index is 13.7. The molecule has 4 rings (SSSR count). The first kappa shape index (κ1) is 30.5. The lowest BCUT2D eigenvalue weighted by Crippen LogP contribution is -2.56. The van der Waals surface area contributed by atoms with Gasteiger partial charge in [0.2, 0.25) is 17.7 Å². The average Bonchev–Trinajstić information content (AvgIpc) is 3.02. The van der Waals surface area contributed by atoms with Gasteiger partial charge >= 0.3 is 0 Å². The van der Waals surface area contributed by atoms with Gasteiger partial charge in [-0.05, 0) is 61.4 Å². The van der Waals surface area contributed by atoms with Crippen LogP contribution in [-0.2, 0) is 20.8 Å².